The number of benzene rings is 2. The van der Waals surface area contributed by atoms with Gasteiger partial charge in [-0.2, -0.15) is 0 Å². The van der Waals surface area contributed by atoms with Crippen molar-refractivity contribution in [1.82, 2.24) is 0 Å². The molecule has 4 heteroatoms. The van der Waals surface area contributed by atoms with Gasteiger partial charge in [-0.3, -0.25) is 0 Å². The maximum atomic E-state index is 6.11. The van der Waals surface area contributed by atoms with Crippen molar-refractivity contribution in [3.05, 3.63) is 56.5 Å². The molecule has 16 heavy (non-hydrogen) atoms. The zero-order valence-corrected chi connectivity index (χ0v) is 11.0. The fourth-order valence-electron chi connectivity index (χ4n) is 1.46. The summed E-state index contributed by atoms with van der Waals surface area (Å²) in [6, 6.07) is 10.7. The minimum Gasteiger partial charge on any atom is -0.0843 e. The molecule has 82 valence electrons. The molecule has 0 aliphatic heterocycles. The molecule has 0 saturated heterocycles. The van der Waals surface area contributed by atoms with E-state index in [1.165, 1.54) is 0 Å². The Labute approximate surface area is 114 Å². The molecule has 0 bridgehead atoms. The Morgan fingerprint density at radius 2 is 1.31 bits per heavy atom. The molecule has 0 spiro atoms. The second kappa shape index (κ2) is 4.85. The quantitative estimate of drug-likeness (QED) is 0.607. The van der Waals surface area contributed by atoms with Gasteiger partial charge < -0.3 is 0 Å². The second-order valence-corrected chi connectivity index (χ2v) is 4.94. The first kappa shape index (κ1) is 12.1. The van der Waals surface area contributed by atoms with E-state index >= 15 is 0 Å². The molecule has 0 fully saturated rings. The minimum atomic E-state index is 0.514. The fourth-order valence-corrected chi connectivity index (χ4v) is 2.69. The van der Waals surface area contributed by atoms with E-state index < -0.39 is 0 Å². The number of hydrogen-bond donors (Lipinski definition) is 0. The SMILES string of the molecule is Clc1cccc(-c2c(Cl)cc(Cl)cc2Cl)c1. The van der Waals surface area contributed by atoms with Crippen LogP contribution in [0.3, 0.4) is 0 Å². The molecule has 0 N–H and O–H groups in total. The summed E-state index contributed by atoms with van der Waals surface area (Å²) in [6.45, 7) is 0. The van der Waals surface area contributed by atoms with Crippen molar-refractivity contribution < 1.29 is 0 Å². The Bertz CT molecular complexity index is 511. The second-order valence-electron chi connectivity index (χ2n) is 3.25. The molecule has 0 aromatic heterocycles. The highest BCUT2D eigenvalue weighted by molar-refractivity contribution is 6.42. The van der Waals surface area contributed by atoms with Crippen LogP contribution in [0.1, 0.15) is 0 Å². The maximum Gasteiger partial charge on any atom is 0.0514 e. The van der Waals surface area contributed by atoms with Crippen molar-refractivity contribution >= 4 is 46.4 Å². The van der Waals surface area contributed by atoms with Crippen LogP contribution in [0.15, 0.2) is 36.4 Å². The Morgan fingerprint density at radius 1 is 0.688 bits per heavy atom. The topological polar surface area (TPSA) is 0 Å². The average Bonchev–Trinajstić information content (AvgIpc) is 2.15. The Balaban J connectivity index is 2.64. The normalized spacial score (nSPS) is 10.5. The van der Waals surface area contributed by atoms with Crippen LogP contribution in [0.25, 0.3) is 11.1 Å². The highest BCUT2D eigenvalue weighted by atomic mass is 35.5. The number of hydrogen-bond acceptors (Lipinski definition) is 0. The van der Waals surface area contributed by atoms with E-state index in [1.807, 2.05) is 18.2 Å². The molecule has 0 unspecified atom stereocenters. The Hall–Kier alpha value is -0.400. The average molecular weight is 292 g/mol. The minimum absolute atomic E-state index is 0.514. The zero-order valence-electron chi connectivity index (χ0n) is 7.98. The summed E-state index contributed by atoms with van der Waals surface area (Å²) in [5, 5.41) is 2.18. The van der Waals surface area contributed by atoms with Crippen molar-refractivity contribution in [2.75, 3.05) is 0 Å². The van der Waals surface area contributed by atoms with E-state index in [1.54, 1.807) is 18.2 Å². The summed E-state index contributed by atoms with van der Waals surface area (Å²) in [7, 11) is 0. The molecule has 0 atom stereocenters. The van der Waals surface area contributed by atoms with Crippen LogP contribution in [-0.2, 0) is 0 Å². The molecular weight excluding hydrogens is 286 g/mol. The lowest BCUT2D eigenvalue weighted by Gasteiger charge is -2.08. The third-order valence-corrected chi connectivity index (χ3v) is 3.17. The van der Waals surface area contributed by atoms with E-state index in [4.69, 9.17) is 46.4 Å². The predicted octanol–water partition coefficient (Wildman–Crippen LogP) is 5.97. The standard InChI is InChI=1S/C12H6Cl4/c13-8-3-1-2-7(4-8)12-10(15)5-9(14)6-11(12)16/h1-6H. The third kappa shape index (κ3) is 2.46. The summed E-state index contributed by atoms with van der Waals surface area (Å²) < 4.78 is 0. The molecule has 0 aliphatic carbocycles. The van der Waals surface area contributed by atoms with Crippen molar-refractivity contribution in [3.8, 4) is 11.1 Å². The number of rotatable bonds is 1. The number of halogens is 4. The summed E-state index contributed by atoms with van der Waals surface area (Å²) in [5.41, 5.74) is 1.62. The van der Waals surface area contributed by atoms with Gasteiger partial charge in [-0.05, 0) is 29.8 Å². The van der Waals surface area contributed by atoms with Crippen LogP contribution in [-0.4, -0.2) is 0 Å². The molecule has 2 aromatic carbocycles. The van der Waals surface area contributed by atoms with Gasteiger partial charge >= 0.3 is 0 Å². The molecule has 0 saturated carbocycles. The van der Waals surface area contributed by atoms with Crippen LogP contribution in [0.2, 0.25) is 20.1 Å². The van der Waals surface area contributed by atoms with Gasteiger partial charge in [-0.1, -0.05) is 58.5 Å². The first-order valence-electron chi connectivity index (χ1n) is 4.48. The van der Waals surface area contributed by atoms with Crippen LogP contribution >= 0.6 is 46.4 Å². The molecule has 2 aromatic rings. The molecule has 0 nitrogen and oxygen atoms in total. The van der Waals surface area contributed by atoms with Crippen molar-refractivity contribution in [2.45, 2.75) is 0 Å². The summed E-state index contributed by atoms with van der Waals surface area (Å²) in [4.78, 5) is 0. The van der Waals surface area contributed by atoms with E-state index in [9.17, 15) is 0 Å². The van der Waals surface area contributed by atoms with E-state index in [0.717, 1.165) is 11.1 Å². The molecule has 0 amide bonds. The lowest BCUT2D eigenvalue weighted by molar-refractivity contribution is 1.61. The van der Waals surface area contributed by atoms with Gasteiger partial charge in [0, 0.05) is 15.6 Å². The van der Waals surface area contributed by atoms with Crippen molar-refractivity contribution in [1.29, 1.82) is 0 Å². The monoisotopic (exact) mass is 290 g/mol. The molecule has 2 rings (SSSR count). The van der Waals surface area contributed by atoms with Gasteiger partial charge in [0.15, 0.2) is 0 Å². The largest absolute Gasteiger partial charge is 0.0843 e. The molecule has 0 heterocycles. The zero-order chi connectivity index (χ0) is 11.7. The van der Waals surface area contributed by atoms with Crippen molar-refractivity contribution in [3.63, 3.8) is 0 Å². The third-order valence-electron chi connectivity index (χ3n) is 2.12. The van der Waals surface area contributed by atoms with E-state index in [-0.39, 0.29) is 0 Å². The fraction of sp³-hybridized carbons (Fsp3) is 0. The molecular formula is C12H6Cl4. The van der Waals surface area contributed by atoms with Crippen LogP contribution in [0.4, 0.5) is 0 Å². The Morgan fingerprint density at radius 3 is 1.88 bits per heavy atom. The van der Waals surface area contributed by atoms with Gasteiger partial charge in [0.05, 0.1) is 10.0 Å². The van der Waals surface area contributed by atoms with Crippen LogP contribution in [0.5, 0.6) is 0 Å². The highest BCUT2D eigenvalue weighted by Gasteiger charge is 2.10. The lowest BCUT2D eigenvalue weighted by Crippen LogP contribution is -1.82. The van der Waals surface area contributed by atoms with Gasteiger partial charge in [0.1, 0.15) is 0 Å². The first-order chi connectivity index (χ1) is 7.58. The van der Waals surface area contributed by atoms with Crippen molar-refractivity contribution in [2.24, 2.45) is 0 Å². The van der Waals surface area contributed by atoms with Gasteiger partial charge in [-0.15, -0.1) is 0 Å². The van der Waals surface area contributed by atoms with E-state index in [2.05, 4.69) is 0 Å². The summed E-state index contributed by atoms with van der Waals surface area (Å²) in [6.07, 6.45) is 0. The van der Waals surface area contributed by atoms with Crippen LogP contribution < -0.4 is 0 Å². The maximum absolute atomic E-state index is 6.11. The smallest absolute Gasteiger partial charge is 0.0514 e. The molecule has 0 radical (unpaired) electrons. The van der Waals surface area contributed by atoms with Gasteiger partial charge in [0.25, 0.3) is 0 Å². The predicted molar refractivity (Wildman–Crippen MR) is 71.9 cm³/mol. The summed E-state index contributed by atoms with van der Waals surface area (Å²) in [5.74, 6) is 0. The Kier molecular flexibility index (Phi) is 3.66. The summed E-state index contributed by atoms with van der Waals surface area (Å²) >= 11 is 24.0. The van der Waals surface area contributed by atoms with Gasteiger partial charge in [0.2, 0.25) is 0 Å². The highest BCUT2D eigenvalue weighted by Crippen LogP contribution is 2.37. The first-order valence-corrected chi connectivity index (χ1v) is 5.99. The van der Waals surface area contributed by atoms with Gasteiger partial charge in [-0.25, -0.2) is 0 Å². The molecule has 0 aliphatic rings. The lowest BCUT2D eigenvalue weighted by atomic mass is 10.1. The van der Waals surface area contributed by atoms with E-state index in [0.29, 0.717) is 20.1 Å². The van der Waals surface area contributed by atoms with Crippen LogP contribution in [0, 0.1) is 0 Å².